The van der Waals surface area contributed by atoms with Crippen molar-refractivity contribution in [1.82, 2.24) is 0 Å². The van der Waals surface area contributed by atoms with Crippen LogP contribution in [0.1, 0.15) is 105 Å². The second-order valence-electron chi connectivity index (χ2n) is 9.64. The maximum Gasteiger partial charge on any atom is 0.309 e. The molecule has 0 N–H and O–H groups in total. The van der Waals surface area contributed by atoms with Gasteiger partial charge in [0.15, 0.2) is 0 Å². The predicted octanol–water partition coefficient (Wildman–Crippen LogP) is 5.82. The molecule has 2 aliphatic carbocycles. The quantitative estimate of drug-likeness (QED) is 0.522. The first-order valence-corrected chi connectivity index (χ1v) is 11.1. The molecule has 0 aromatic heterocycles. The molecule has 0 heterocycles. The standard InChI is InChI=1S/C23H40O4/c1-6-23(13-8-7-9-14-23)27-21(25)18(4)15-19-11-10-12-22(5,16-19)26-20(24)17(2)3/h17-19H,6-16H2,1-5H3. The van der Waals surface area contributed by atoms with E-state index in [0.717, 1.165) is 64.2 Å². The van der Waals surface area contributed by atoms with E-state index < -0.39 is 0 Å². The molecule has 0 spiro atoms. The van der Waals surface area contributed by atoms with Gasteiger partial charge in [0.1, 0.15) is 11.2 Å². The number of carbonyl (C=O) groups is 2. The molecule has 3 unspecified atom stereocenters. The van der Waals surface area contributed by atoms with E-state index in [1.165, 1.54) is 6.42 Å². The molecule has 4 heteroatoms. The van der Waals surface area contributed by atoms with Crippen LogP contribution < -0.4 is 0 Å². The first-order chi connectivity index (χ1) is 12.7. The van der Waals surface area contributed by atoms with Crippen LogP contribution >= 0.6 is 0 Å². The molecule has 3 atom stereocenters. The average Bonchev–Trinajstić information content (AvgIpc) is 2.62. The third-order valence-electron chi connectivity index (χ3n) is 6.67. The van der Waals surface area contributed by atoms with E-state index in [1.807, 2.05) is 20.8 Å². The number of hydrogen-bond donors (Lipinski definition) is 0. The summed E-state index contributed by atoms with van der Waals surface area (Å²) in [6.45, 7) is 9.94. The van der Waals surface area contributed by atoms with E-state index in [9.17, 15) is 9.59 Å². The van der Waals surface area contributed by atoms with Gasteiger partial charge in [-0.2, -0.15) is 0 Å². The molecular weight excluding hydrogens is 340 g/mol. The molecule has 0 aromatic rings. The number of esters is 2. The smallest absolute Gasteiger partial charge is 0.309 e. The summed E-state index contributed by atoms with van der Waals surface area (Å²) in [5.74, 6) is 0.0634. The topological polar surface area (TPSA) is 52.6 Å². The minimum Gasteiger partial charge on any atom is -0.459 e. The van der Waals surface area contributed by atoms with Crippen molar-refractivity contribution in [1.29, 1.82) is 0 Å². The summed E-state index contributed by atoms with van der Waals surface area (Å²) < 4.78 is 11.9. The molecule has 2 fully saturated rings. The van der Waals surface area contributed by atoms with E-state index in [0.29, 0.717) is 5.92 Å². The van der Waals surface area contributed by atoms with Gasteiger partial charge < -0.3 is 9.47 Å². The van der Waals surface area contributed by atoms with Crippen molar-refractivity contribution < 1.29 is 19.1 Å². The molecule has 0 saturated heterocycles. The highest BCUT2D eigenvalue weighted by molar-refractivity contribution is 5.73. The fourth-order valence-electron chi connectivity index (χ4n) is 4.87. The number of ether oxygens (including phenoxy) is 2. The summed E-state index contributed by atoms with van der Waals surface area (Å²) in [5, 5.41) is 0. The van der Waals surface area contributed by atoms with Crippen molar-refractivity contribution >= 4 is 11.9 Å². The largest absolute Gasteiger partial charge is 0.459 e. The van der Waals surface area contributed by atoms with Crippen LogP contribution in [0.4, 0.5) is 0 Å². The first kappa shape index (κ1) is 22.2. The molecular formula is C23H40O4. The van der Waals surface area contributed by atoms with Gasteiger partial charge in [-0.3, -0.25) is 9.59 Å². The van der Waals surface area contributed by atoms with Crippen molar-refractivity contribution in [3.63, 3.8) is 0 Å². The average molecular weight is 381 g/mol. The maximum absolute atomic E-state index is 12.8. The van der Waals surface area contributed by atoms with Gasteiger partial charge >= 0.3 is 11.9 Å². The molecule has 27 heavy (non-hydrogen) atoms. The highest BCUT2D eigenvalue weighted by atomic mass is 16.6. The van der Waals surface area contributed by atoms with Gasteiger partial charge in [-0.05, 0) is 70.6 Å². The van der Waals surface area contributed by atoms with E-state index >= 15 is 0 Å². The van der Waals surface area contributed by atoms with Crippen LogP contribution in [0.2, 0.25) is 0 Å². The molecule has 156 valence electrons. The summed E-state index contributed by atoms with van der Waals surface area (Å²) in [5.41, 5.74) is -0.612. The van der Waals surface area contributed by atoms with Crippen LogP contribution in [0, 0.1) is 17.8 Å². The Morgan fingerprint density at radius 3 is 2.22 bits per heavy atom. The predicted molar refractivity (Wildman–Crippen MR) is 107 cm³/mol. The van der Waals surface area contributed by atoms with Gasteiger partial charge in [-0.1, -0.05) is 40.5 Å². The van der Waals surface area contributed by atoms with Crippen LogP contribution in [0.5, 0.6) is 0 Å². The lowest BCUT2D eigenvalue weighted by Crippen LogP contribution is -2.40. The molecule has 0 aromatic carbocycles. The van der Waals surface area contributed by atoms with Crippen molar-refractivity contribution in [2.24, 2.45) is 17.8 Å². The molecule has 0 radical (unpaired) electrons. The Balaban J connectivity index is 1.89. The van der Waals surface area contributed by atoms with E-state index in [1.54, 1.807) is 0 Å². The third kappa shape index (κ3) is 6.22. The van der Waals surface area contributed by atoms with Gasteiger partial charge in [-0.15, -0.1) is 0 Å². The van der Waals surface area contributed by atoms with Gasteiger partial charge in [-0.25, -0.2) is 0 Å². The Morgan fingerprint density at radius 2 is 1.63 bits per heavy atom. The number of carbonyl (C=O) groups excluding carboxylic acids is 2. The lowest BCUT2D eigenvalue weighted by molar-refractivity contribution is -0.172. The Labute approximate surface area is 165 Å². The lowest BCUT2D eigenvalue weighted by atomic mass is 9.75. The highest BCUT2D eigenvalue weighted by Gasteiger charge is 2.39. The fraction of sp³-hybridized carbons (Fsp3) is 0.913. The number of rotatable bonds is 7. The van der Waals surface area contributed by atoms with Crippen molar-refractivity contribution in [3.05, 3.63) is 0 Å². The maximum atomic E-state index is 12.8. The Morgan fingerprint density at radius 1 is 0.963 bits per heavy atom. The summed E-state index contributed by atoms with van der Waals surface area (Å²) in [6, 6.07) is 0. The zero-order valence-corrected chi connectivity index (χ0v) is 18.1. The van der Waals surface area contributed by atoms with Gasteiger partial charge in [0, 0.05) is 0 Å². The molecule has 2 rings (SSSR count). The van der Waals surface area contributed by atoms with Crippen molar-refractivity contribution in [2.75, 3.05) is 0 Å². The fourth-order valence-corrected chi connectivity index (χ4v) is 4.87. The highest BCUT2D eigenvalue weighted by Crippen LogP contribution is 2.40. The van der Waals surface area contributed by atoms with Gasteiger partial charge in [0.05, 0.1) is 11.8 Å². The Hall–Kier alpha value is -1.06. The summed E-state index contributed by atoms with van der Waals surface area (Å²) in [6.07, 6.45) is 11.3. The van der Waals surface area contributed by atoms with E-state index in [4.69, 9.17) is 9.47 Å². The third-order valence-corrected chi connectivity index (χ3v) is 6.67. The van der Waals surface area contributed by atoms with Crippen LogP contribution in [-0.2, 0) is 19.1 Å². The van der Waals surface area contributed by atoms with Crippen molar-refractivity contribution in [2.45, 2.75) is 116 Å². The van der Waals surface area contributed by atoms with Gasteiger partial charge in [0.25, 0.3) is 0 Å². The molecule has 0 aliphatic heterocycles. The van der Waals surface area contributed by atoms with Crippen LogP contribution in [0.3, 0.4) is 0 Å². The van der Waals surface area contributed by atoms with Gasteiger partial charge in [0.2, 0.25) is 0 Å². The normalized spacial score (nSPS) is 29.2. The molecule has 0 amide bonds. The SMILES string of the molecule is CCC1(OC(=O)C(C)CC2CCCC(C)(OC(=O)C(C)C)C2)CCCCC1. The van der Waals surface area contributed by atoms with E-state index in [-0.39, 0.29) is 35.0 Å². The zero-order valence-electron chi connectivity index (χ0n) is 18.1. The summed E-state index contributed by atoms with van der Waals surface area (Å²) >= 11 is 0. The molecule has 2 aliphatic rings. The molecule has 0 bridgehead atoms. The number of hydrogen-bond acceptors (Lipinski definition) is 4. The summed E-state index contributed by atoms with van der Waals surface area (Å²) in [7, 11) is 0. The Kier molecular flexibility index (Phi) is 7.76. The molecule has 2 saturated carbocycles. The minimum atomic E-state index is -0.387. The second-order valence-corrected chi connectivity index (χ2v) is 9.64. The van der Waals surface area contributed by atoms with Crippen molar-refractivity contribution in [3.8, 4) is 0 Å². The minimum absolute atomic E-state index is 0.0369. The Bertz CT molecular complexity index is 507. The first-order valence-electron chi connectivity index (χ1n) is 11.1. The lowest BCUT2D eigenvalue weighted by Gasteiger charge is -2.39. The van der Waals surface area contributed by atoms with E-state index in [2.05, 4.69) is 13.8 Å². The van der Waals surface area contributed by atoms with Crippen LogP contribution in [0.25, 0.3) is 0 Å². The monoisotopic (exact) mass is 380 g/mol. The van der Waals surface area contributed by atoms with Crippen LogP contribution in [0.15, 0.2) is 0 Å². The summed E-state index contributed by atoms with van der Waals surface area (Å²) in [4.78, 5) is 24.8. The molecule has 4 nitrogen and oxygen atoms in total. The second kappa shape index (κ2) is 9.43. The van der Waals surface area contributed by atoms with Crippen LogP contribution in [-0.4, -0.2) is 23.1 Å². The zero-order chi connectivity index (χ0) is 20.1.